The lowest BCUT2D eigenvalue weighted by Crippen LogP contribution is -2.01. The van der Waals surface area contributed by atoms with Gasteiger partial charge in [0.25, 0.3) is 0 Å². The fraction of sp³-hybridized carbons (Fsp3) is 0.143. The highest BCUT2D eigenvalue weighted by molar-refractivity contribution is 14.1. The van der Waals surface area contributed by atoms with Gasteiger partial charge in [-0.15, -0.1) is 0 Å². The predicted molar refractivity (Wildman–Crippen MR) is 90.4 cm³/mol. The number of benzene rings is 2. The zero-order chi connectivity index (χ0) is 13.1. The molecule has 2 aromatic carbocycles. The van der Waals surface area contributed by atoms with E-state index >= 15 is 0 Å². The summed E-state index contributed by atoms with van der Waals surface area (Å²) >= 11 is 11.9. The Labute approximate surface area is 134 Å². The summed E-state index contributed by atoms with van der Waals surface area (Å²) in [6.45, 7) is 2.83. The molecule has 0 amide bonds. The van der Waals surface area contributed by atoms with Crippen molar-refractivity contribution in [3.63, 3.8) is 0 Å². The smallest absolute Gasteiger partial charge is 0.0456 e. The SMILES string of the molecule is Cc1cc(I)ccc1NCc1cc(Br)ccc1Cl. The summed E-state index contributed by atoms with van der Waals surface area (Å²) in [6, 6.07) is 12.2. The fourth-order valence-corrected chi connectivity index (χ4v) is 2.93. The van der Waals surface area contributed by atoms with Crippen LogP contribution in [-0.2, 0) is 6.54 Å². The maximum atomic E-state index is 6.17. The lowest BCUT2D eigenvalue weighted by Gasteiger charge is -2.11. The van der Waals surface area contributed by atoms with Crippen LogP contribution in [0.15, 0.2) is 40.9 Å². The van der Waals surface area contributed by atoms with Gasteiger partial charge in [0.15, 0.2) is 0 Å². The summed E-state index contributed by atoms with van der Waals surface area (Å²) in [4.78, 5) is 0. The van der Waals surface area contributed by atoms with Crippen molar-refractivity contribution in [1.82, 2.24) is 0 Å². The van der Waals surface area contributed by atoms with Gasteiger partial charge in [-0.05, 0) is 77.0 Å². The van der Waals surface area contributed by atoms with Crippen molar-refractivity contribution in [2.75, 3.05) is 5.32 Å². The largest absolute Gasteiger partial charge is 0.381 e. The molecule has 0 fully saturated rings. The summed E-state index contributed by atoms with van der Waals surface area (Å²) in [6.07, 6.45) is 0. The Balaban J connectivity index is 2.13. The van der Waals surface area contributed by atoms with Crippen LogP contribution in [0, 0.1) is 10.5 Å². The second-order valence-electron chi connectivity index (χ2n) is 4.05. The number of nitrogens with one attached hydrogen (secondary N) is 1. The first-order valence-electron chi connectivity index (χ1n) is 5.50. The molecule has 0 spiro atoms. The van der Waals surface area contributed by atoms with Gasteiger partial charge in [-0.25, -0.2) is 0 Å². The maximum Gasteiger partial charge on any atom is 0.0456 e. The molecule has 0 unspecified atom stereocenters. The molecule has 0 aliphatic heterocycles. The van der Waals surface area contributed by atoms with Crippen LogP contribution in [0.25, 0.3) is 0 Å². The summed E-state index contributed by atoms with van der Waals surface area (Å²) in [5.41, 5.74) is 3.48. The van der Waals surface area contributed by atoms with Gasteiger partial charge in [0.1, 0.15) is 0 Å². The van der Waals surface area contributed by atoms with Crippen LogP contribution in [0.4, 0.5) is 5.69 Å². The average molecular weight is 437 g/mol. The van der Waals surface area contributed by atoms with Crippen LogP contribution in [0.1, 0.15) is 11.1 Å². The standard InChI is InChI=1S/C14H12BrClIN/c1-9-6-12(17)3-5-14(9)18-8-10-7-11(15)2-4-13(10)16/h2-7,18H,8H2,1H3. The third kappa shape index (κ3) is 3.62. The van der Waals surface area contributed by atoms with E-state index in [1.54, 1.807) is 0 Å². The monoisotopic (exact) mass is 435 g/mol. The maximum absolute atomic E-state index is 6.17. The van der Waals surface area contributed by atoms with Gasteiger partial charge >= 0.3 is 0 Å². The molecule has 0 radical (unpaired) electrons. The second kappa shape index (κ2) is 6.26. The van der Waals surface area contributed by atoms with E-state index in [1.807, 2.05) is 18.2 Å². The van der Waals surface area contributed by atoms with Gasteiger partial charge in [-0.3, -0.25) is 0 Å². The first-order chi connectivity index (χ1) is 8.56. The minimum atomic E-state index is 0.722. The van der Waals surface area contributed by atoms with E-state index in [9.17, 15) is 0 Å². The van der Waals surface area contributed by atoms with Crippen molar-refractivity contribution >= 4 is 55.8 Å². The van der Waals surface area contributed by atoms with Crippen LogP contribution in [0.2, 0.25) is 5.02 Å². The molecular formula is C14H12BrClIN. The third-order valence-electron chi connectivity index (χ3n) is 2.67. The minimum Gasteiger partial charge on any atom is -0.381 e. The Kier molecular flexibility index (Phi) is 4.92. The number of anilines is 1. The Morgan fingerprint density at radius 1 is 1.22 bits per heavy atom. The summed E-state index contributed by atoms with van der Waals surface area (Å²) in [5.74, 6) is 0. The van der Waals surface area contributed by atoms with E-state index in [0.717, 1.165) is 27.3 Å². The molecule has 0 aliphatic rings. The van der Waals surface area contributed by atoms with Crippen molar-refractivity contribution in [2.24, 2.45) is 0 Å². The molecule has 0 bridgehead atoms. The zero-order valence-corrected chi connectivity index (χ0v) is 14.3. The number of aryl methyl sites for hydroxylation is 1. The molecule has 0 aliphatic carbocycles. The van der Waals surface area contributed by atoms with Gasteiger partial charge in [-0.2, -0.15) is 0 Å². The number of hydrogen-bond acceptors (Lipinski definition) is 1. The van der Waals surface area contributed by atoms with E-state index in [4.69, 9.17) is 11.6 Å². The van der Waals surface area contributed by atoms with Crippen LogP contribution >= 0.6 is 50.1 Å². The summed E-state index contributed by atoms with van der Waals surface area (Å²) in [7, 11) is 0. The highest BCUT2D eigenvalue weighted by Crippen LogP contribution is 2.23. The third-order valence-corrected chi connectivity index (χ3v) is 4.20. The Bertz CT molecular complexity index is 572. The van der Waals surface area contributed by atoms with Gasteiger partial charge in [0, 0.05) is 25.3 Å². The molecule has 0 atom stereocenters. The molecule has 2 aromatic rings. The topological polar surface area (TPSA) is 12.0 Å². The van der Waals surface area contributed by atoms with Crippen molar-refractivity contribution in [3.8, 4) is 0 Å². The summed E-state index contributed by atoms with van der Waals surface area (Å²) in [5, 5.41) is 4.20. The molecule has 0 saturated heterocycles. The van der Waals surface area contributed by atoms with Gasteiger partial charge in [0.2, 0.25) is 0 Å². The lowest BCUT2D eigenvalue weighted by atomic mass is 10.2. The van der Waals surface area contributed by atoms with Gasteiger partial charge in [-0.1, -0.05) is 27.5 Å². The molecule has 0 heterocycles. The highest BCUT2D eigenvalue weighted by atomic mass is 127. The fourth-order valence-electron chi connectivity index (χ4n) is 1.69. The zero-order valence-electron chi connectivity index (χ0n) is 9.81. The molecular weight excluding hydrogens is 424 g/mol. The molecule has 0 aromatic heterocycles. The Hall–Kier alpha value is -0.260. The number of hydrogen-bond donors (Lipinski definition) is 1. The van der Waals surface area contributed by atoms with E-state index in [0.29, 0.717) is 0 Å². The van der Waals surface area contributed by atoms with Crippen molar-refractivity contribution in [2.45, 2.75) is 13.5 Å². The van der Waals surface area contributed by atoms with Crippen molar-refractivity contribution < 1.29 is 0 Å². The predicted octanol–water partition coefficient (Wildman–Crippen LogP) is 5.63. The Morgan fingerprint density at radius 3 is 2.72 bits per heavy atom. The van der Waals surface area contributed by atoms with Gasteiger partial charge in [0.05, 0.1) is 0 Å². The first-order valence-corrected chi connectivity index (χ1v) is 7.75. The summed E-state index contributed by atoms with van der Waals surface area (Å²) < 4.78 is 2.29. The van der Waals surface area contributed by atoms with E-state index in [2.05, 4.69) is 69.0 Å². The normalized spacial score (nSPS) is 10.4. The second-order valence-corrected chi connectivity index (χ2v) is 6.62. The van der Waals surface area contributed by atoms with Crippen molar-refractivity contribution in [1.29, 1.82) is 0 Å². The first kappa shape index (κ1) is 14.2. The minimum absolute atomic E-state index is 0.722. The number of halogens is 3. The van der Waals surface area contributed by atoms with Crippen LogP contribution in [0.3, 0.4) is 0 Å². The van der Waals surface area contributed by atoms with Crippen molar-refractivity contribution in [3.05, 3.63) is 60.6 Å². The van der Waals surface area contributed by atoms with E-state index < -0.39 is 0 Å². The van der Waals surface area contributed by atoms with Crippen LogP contribution in [0.5, 0.6) is 0 Å². The molecule has 1 N–H and O–H groups in total. The van der Waals surface area contributed by atoms with Crippen LogP contribution in [-0.4, -0.2) is 0 Å². The molecule has 0 saturated carbocycles. The lowest BCUT2D eigenvalue weighted by molar-refractivity contribution is 1.14. The quantitative estimate of drug-likeness (QED) is 0.615. The highest BCUT2D eigenvalue weighted by Gasteiger charge is 2.03. The molecule has 94 valence electrons. The van der Waals surface area contributed by atoms with Crippen LogP contribution < -0.4 is 5.32 Å². The Morgan fingerprint density at radius 2 is 2.00 bits per heavy atom. The molecule has 18 heavy (non-hydrogen) atoms. The molecule has 1 nitrogen and oxygen atoms in total. The van der Waals surface area contributed by atoms with E-state index in [-0.39, 0.29) is 0 Å². The molecule has 2 rings (SSSR count). The number of rotatable bonds is 3. The average Bonchev–Trinajstić information content (AvgIpc) is 2.32. The van der Waals surface area contributed by atoms with Gasteiger partial charge < -0.3 is 5.32 Å². The molecule has 4 heteroatoms. The van der Waals surface area contributed by atoms with E-state index in [1.165, 1.54) is 9.13 Å².